The van der Waals surface area contributed by atoms with Crippen LogP contribution < -0.4 is 0 Å². The van der Waals surface area contributed by atoms with Crippen LogP contribution in [0.3, 0.4) is 0 Å². The van der Waals surface area contributed by atoms with Crippen LogP contribution in [0, 0.1) is 0 Å². The van der Waals surface area contributed by atoms with Gasteiger partial charge in [-0.1, -0.05) is 54.6 Å². The zero-order valence-electron chi connectivity index (χ0n) is 10.6. The third-order valence-corrected chi connectivity index (χ3v) is 3.38. The largest absolute Gasteiger partial charge is 0.507 e. The Balaban J connectivity index is 2.48. The molecule has 20 heavy (non-hydrogen) atoms. The third kappa shape index (κ3) is 1.72. The van der Waals surface area contributed by atoms with Gasteiger partial charge in [-0.05, 0) is 5.56 Å². The Morgan fingerprint density at radius 3 is 1.90 bits per heavy atom. The summed E-state index contributed by atoms with van der Waals surface area (Å²) in [5, 5.41) is 21.7. The lowest BCUT2D eigenvalue weighted by atomic mass is 9.93. The standard InChI is InChI=1S/C17H12O3/c18-10-14-15(11-6-2-1-3-7-11)17(20)13-9-5-4-8-12(13)16(14)19/h1-10,19-20H. The first-order valence-electron chi connectivity index (χ1n) is 6.21. The molecule has 0 bridgehead atoms. The van der Waals surface area contributed by atoms with E-state index in [-0.39, 0.29) is 17.1 Å². The molecule has 0 amide bonds. The molecule has 3 aromatic carbocycles. The lowest BCUT2D eigenvalue weighted by Crippen LogP contribution is -1.92. The minimum absolute atomic E-state index is 0.00620. The molecule has 0 heterocycles. The molecule has 0 fully saturated rings. The van der Waals surface area contributed by atoms with Crippen molar-refractivity contribution in [1.82, 2.24) is 0 Å². The molecule has 0 aliphatic rings. The monoisotopic (exact) mass is 264 g/mol. The first-order chi connectivity index (χ1) is 9.74. The van der Waals surface area contributed by atoms with Crippen LogP contribution >= 0.6 is 0 Å². The molecular weight excluding hydrogens is 252 g/mol. The summed E-state index contributed by atoms with van der Waals surface area (Å²) < 4.78 is 0. The molecule has 2 N–H and O–H groups in total. The van der Waals surface area contributed by atoms with E-state index >= 15 is 0 Å². The molecular formula is C17H12O3. The highest BCUT2D eigenvalue weighted by molar-refractivity contribution is 6.07. The third-order valence-electron chi connectivity index (χ3n) is 3.38. The average Bonchev–Trinajstić information content (AvgIpc) is 2.51. The smallest absolute Gasteiger partial charge is 0.154 e. The first-order valence-corrected chi connectivity index (χ1v) is 6.21. The van der Waals surface area contributed by atoms with E-state index in [2.05, 4.69) is 0 Å². The van der Waals surface area contributed by atoms with Gasteiger partial charge in [0.1, 0.15) is 11.5 Å². The van der Waals surface area contributed by atoms with E-state index in [1.165, 1.54) is 0 Å². The zero-order valence-corrected chi connectivity index (χ0v) is 10.6. The highest BCUT2D eigenvalue weighted by Gasteiger charge is 2.19. The predicted molar refractivity (Wildman–Crippen MR) is 78.1 cm³/mol. The maximum Gasteiger partial charge on any atom is 0.154 e. The van der Waals surface area contributed by atoms with E-state index in [9.17, 15) is 15.0 Å². The van der Waals surface area contributed by atoms with Crippen molar-refractivity contribution < 1.29 is 15.0 Å². The minimum atomic E-state index is -0.104. The number of benzene rings is 3. The Bertz CT molecular complexity index is 792. The fourth-order valence-corrected chi connectivity index (χ4v) is 2.43. The molecule has 3 heteroatoms. The van der Waals surface area contributed by atoms with Crippen molar-refractivity contribution in [2.75, 3.05) is 0 Å². The zero-order chi connectivity index (χ0) is 14.1. The van der Waals surface area contributed by atoms with Crippen molar-refractivity contribution in [2.24, 2.45) is 0 Å². The molecule has 0 saturated heterocycles. The van der Waals surface area contributed by atoms with Gasteiger partial charge in [0.25, 0.3) is 0 Å². The number of carbonyl (C=O) groups excluding carboxylic acids is 1. The Labute approximate surface area is 115 Å². The van der Waals surface area contributed by atoms with Crippen LogP contribution in [0.25, 0.3) is 21.9 Å². The van der Waals surface area contributed by atoms with Crippen LogP contribution in [-0.2, 0) is 0 Å². The summed E-state index contributed by atoms with van der Waals surface area (Å²) in [5.41, 5.74) is 1.15. The molecule has 0 spiro atoms. The van der Waals surface area contributed by atoms with Gasteiger partial charge in [0, 0.05) is 16.3 Å². The van der Waals surface area contributed by atoms with Crippen molar-refractivity contribution in [3.63, 3.8) is 0 Å². The number of carbonyl (C=O) groups is 1. The molecule has 0 aliphatic carbocycles. The average molecular weight is 264 g/mol. The van der Waals surface area contributed by atoms with Crippen molar-refractivity contribution in [2.45, 2.75) is 0 Å². The van der Waals surface area contributed by atoms with E-state index in [1.54, 1.807) is 36.4 Å². The molecule has 3 nitrogen and oxygen atoms in total. The second-order valence-corrected chi connectivity index (χ2v) is 4.52. The number of rotatable bonds is 2. The van der Waals surface area contributed by atoms with E-state index in [0.29, 0.717) is 28.2 Å². The second-order valence-electron chi connectivity index (χ2n) is 4.52. The fourth-order valence-electron chi connectivity index (χ4n) is 2.43. The molecule has 0 aromatic heterocycles. The van der Waals surface area contributed by atoms with Crippen molar-refractivity contribution in [3.8, 4) is 22.6 Å². The topological polar surface area (TPSA) is 57.5 Å². The first kappa shape index (κ1) is 12.2. The summed E-state index contributed by atoms with van der Waals surface area (Å²) in [6.45, 7) is 0. The van der Waals surface area contributed by atoms with Gasteiger partial charge in [-0.3, -0.25) is 4.79 Å². The van der Waals surface area contributed by atoms with Crippen LogP contribution in [0.2, 0.25) is 0 Å². The molecule has 3 aromatic rings. The lowest BCUT2D eigenvalue weighted by molar-refractivity contribution is 0.112. The highest BCUT2D eigenvalue weighted by Crippen LogP contribution is 2.43. The van der Waals surface area contributed by atoms with E-state index < -0.39 is 0 Å². The van der Waals surface area contributed by atoms with Gasteiger partial charge in [-0.2, -0.15) is 0 Å². The molecule has 98 valence electrons. The molecule has 0 saturated carbocycles. The van der Waals surface area contributed by atoms with Crippen LogP contribution in [-0.4, -0.2) is 16.5 Å². The quantitative estimate of drug-likeness (QED) is 0.547. The van der Waals surface area contributed by atoms with Crippen LogP contribution in [0.1, 0.15) is 10.4 Å². The maximum absolute atomic E-state index is 11.3. The number of phenolic OH excluding ortho intramolecular Hbond substituents is 2. The summed E-state index contributed by atoms with van der Waals surface area (Å²) in [5.74, 6) is -0.0982. The van der Waals surface area contributed by atoms with Gasteiger partial charge < -0.3 is 10.2 Å². The molecule has 3 rings (SSSR count). The Kier molecular flexibility index (Phi) is 2.88. The van der Waals surface area contributed by atoms with Crippen molar-refractivity contribution in [1.29, 1.82) is 0 Å². The highest BCUT2D eigenvalue weighted by atomic mass is 16.3. The number of aromatic hydroxyl groups is 2. The normalized spacial score (nSPS) is 10.6. The van der Waals surface area contributed by atoms with E-state index in [4.69, 9.17) is 0 Å². The van der Waals surface area contributed by atoms with Crippen molar-refractivity contribution in [3.05, 3.63) is 60.2 Å². The van der Waals surface area contributed by atoms with Gasteiger partial charge in [0.15, 0.2) is 6.29 Å². The van der Waals surface area contributed by atoms with Crippen LogP contribution in [0.5, 0.6) is 11.5 Å². The molecule has 0 aliphatic heterocycles. The van der Waals surface area contributed by atoms with Crippen molar-refractivity contribution >= 4 is 17.1 Å². The lowest BCUT2D eigenvalue weighted by Gasteiger charge is -2.13. The number of phenols is 2. The molecule has 0 radical (unpaired) electrons. The van der Waals surface area contributed by atoms with E-state index in [0.717, 1.165) is 0 Å². The summed E-state index contributed by atoms with van der Waals surface area (Å²) in [7, 11) is 0. The molecule has 0 unspecified atom stereocenters. The minimum Gasteiger partial charge on any atom is -0.507 e. The summed E-state index contributed by atoms with van der Waals surface area (Å²) >= 11 is 0. The predicted octanol–water partition coefficient (Wildman–Crippen LogP) is 3.73. The van der Waals surface area contributed by atoms with Crippen LogP contribution in [0.15, 0.2) is 54.6 Å². The Morgan fingerprint density at radius 1 is 0.750 bits per heavy atom. The van der Waals surface area contributed by atoms with E-state index in [1.807, 2.05) is 18.2 Å². The second kappa shape index (κ2) is 4.70. The van der Waals surface area contributed by atoms with Crippen LogP contribution in [0.4, 0.5) is 0 Å². The Morgan fingerprint density at radius 2 is 1.30 bits per heavy atom. The summed E-state index contributed by atoms with van der Waals surface area (Å²) in [4.78, 5) is 11.3. The number of hydrogen-bond donors (Lipinski definition) is 2. The van der Waals surface area contributed by atoms with Gasteiger partial charge in [0.05, 0.1) is 5.56 Å². The summed E-state index contributed by atoms with van der Waals surface area (Å²) in [6.07, 6.45) is 0.573. The fraction of sp³-hybridized carbons (Fsp3) is 0. The SMILES string of the molecule is O=Cc1c(-c2ccccc2)c(O)c2ccccc2c1O. The number of fused-ring (bicyclic) bond motifs is 1. The number of hydrogen-bond acceptors (Lipinski definition) is 3. The Hall–Kier alpha value is -2.81. The number of aldehydes is 1. The van der Waals surface area contributed by atoms with Gasteiger partial charge >= 0.3 is 0 Å². The maximum atomic E-state index is 11.3. The summed E-state index contributed by atoms with van der Waals surface area (Å²) in [6, 6.07) is 16.0. The van der Waals surface area contributed by atoms with Gasteiger partial charge in [-0.25, -0.2) is 0 Å². The molecule has 0 atom stereocenters. The van der Waals surface area contributed by atoms with Gasteiger partial charge in [0.2, 0.25) is 0 Å². The van der Waals surface area contributed by atoms with Gasteiger partial charge in [-0.15, -0.1) is 0 Å².